The number of rotatable bonds is 6. The van der Waals surface area contributed by atoms with Crippen LogP contribution in [-0.2, 0) is 0 Å². The van der Waals surface area contributed by atoms with Crippen LogP contribution in [-0.4, -0.2) is 36.9 Å². The van der Waals surface area contributed by atoms with Gasteiger partial charge in [-0.2, -0.15) is 0 Å². The van der Waals surface area contributed by atoms with Crippen molar-refractivity contribution in [3.05, 3.63) is 59.2 Å². The summed E-state index contributed by atoms with van der Waals surface area (Å²) in [5, 5.41) is 8.84. The molecule has 0 atom stereocenters. The van der Waals surface area contributed by atoms with Crippen LogP contribution in [0.5, 0.6) is 11.5 Å². The van der Waals surface area contributed by atoms with Crippen molar-refractivity contribution in [3.8, 4) is 11.5 Å². The third kappa shape index (κ3) is 3.55. The molecule has 0 bridgehead atoms. The fraction of sp³-hybridized carbons (Fsp3) is 0.118. The molecule has 118 valence electrons. The smallest absolute Gasteiger partial charge is 0.335 e. The summed E-state index contributed by atoms with van der Waals surface area (Å²) in [6.45, 7) is 0. The fourth-order valence-electron chi connectivity index (χ4n) is 1.96. The first-order valence-electron chi connectivity index (χ1n) is 6.61. The average molecular weight is 314 g/mol. The monoisotopic (exact) mass is 314 g/mol. The maximum Gasteiger partial charge on any atom is 0.335 e. The lowest BCUT2D eigenvalue weighted by Crippen LogP contribution is -2.15. The van der Waals surface area contributed by atoms with Crippen LogP contribution in [0.2, 0.25) is 0 Å². The molecule has 6 heteroatoms. The lowest BCUT2D eigenvalue weighted by molar-refractivity contribution is 0.0696. The van der Waals surface area contributed by atoms with E-state index in [9.17, 15) is 14.4 Å². The number of aromatic carboxylic acids is 1. The molecule has 2 aromatic rings. The van der Waals surface area contributed by atoms with Crippen molar-refractivity contribution in [1.82, 2.24) is 0 Å². The minimum absolute atomic E-state index is 0.0389. The van der Waals surface area contributed by atoms with Gasteiger partial charge in [-0.3, -0.25) is 9.59 Å². The van der Waals surface area contributed by atoms with Gasteiger partial charge < -0.3 is 14.6 Å². The molecule has 2 rings (SSSR count). The molecule has 0 amide bonds. The van der Waals surface area contributed by atoms with E-state index >= 15 is 0 Å². The topological polar surface area (TPSA) is 89.9 Å². The van der Waals surface area contributed by atoms with Gasteiger partial charge in [-0.15, -0.1) is 0 Å². The number of ketones is 2. The van der Waals surface area contributed by atoms with Crippen LogP contribution in [0.1, 0.15) is 31.1 Å². The quantitative estimate of drug-likeness (QED) is 0.650. The fourth-order valence-corrected chi connectivity index (χ4v) is 1.96. The Bertz CT molecular complexity index is 739. The second-order valence-electron chi connectivity index (χ2n) is 4.64. The van der Waals surface area contributed by atoms with Crippen molar-refractivity contribution in [1.29, 1.82) is 0 Å². The maximum absolute atomic E-state index is 12.3. The summed E-state index contributed by atoms with van der Waals surface area (Å²) in [6.07, 6.45) is 0. The summed E-state index contributed by atoms with van der Waals surface area (Å²) in [7, 11) is 2.88. The number of ether oxygens (including phenoxy) is 2. The van der Waals surface area contributed by atoms with E-state index in [1.54, 1.807) is 6.07 Å². The number of benzene rings is 2. The minimum Gasteiger partial charge on any atom is -0.497 e. The Morgan fingerprint density at radius 2 is 1.17 bits per heavy atom. The van der Waals surface area contributed by atoms with Crippen LogP contribution in [0.25, 0.3) is 0 Å². The van der Waals surface area contributed by atoms with E-state index in [2.05, 4.69) is 0 Å². The predicted octanol–water partition coefficient (Wildman–Crippen LogP) is 2.47. The molecule has 0 unspecified atom stereocenters. The molecule has 23 heavy (non-hydrogen) atoms. The van der Waals surface area contributed by atoms with Crippen molar-refractivity contribution in [2.75, 3.05) is 14.2 Å². The zero-order valence-corrected chi connectivity index (χ0v) is 12.5. The Morgan fingerprint density at radius 1 is 0.739 bits per heavy atom. The number of carbonyl (C=O) groups excluding carboxylic acids is 2. The second kappa shape index (κ2) is 6.74. The normalized spacial score (nSPS) is 10.0. The van der Waals surface area contributed by atoms with Crippen molar-refractivity contribution in [3.63, 3.8) is 0 Å². The van der Waals surface area contributed by atoms with E-state index in [1.807, 2.05) is 0 Å². The molecule has 0 aliphatic carbocycles. The Kier molecular flexibility index (Phi) is 4.75. The summed E-state index contributed by atoms with van der Waals surface area (Å²) in [4.78, 5) is 35.4. The van der Waals surface area contributed by atoms with Gasteiger partial charge in [0.25, 0.3) is 0 Å². The minimum atomic E-state index is -1.10. The van der Waals surface area contributed by atoms with E-state index in [0.29, 0.717) is 11.5 Å². The largest absolute Gasteiger partial charge is 0.497 e. The number of carbonyl (C=O) groups is 3. The molecule has 0 aliphatic rings. The molecule has 0 aliphatic heterocycles. The van der Waals surface area contributed by atoms with Gasteiger partial charge in [0, 0.05) is 17.2 Å². The molecular formula is C17H14O6. The lowest BCUT2D eigenvalue weighted by atomic mass is 10.00. The molecule has 6 nitrogen and oxygen atoms in total. The van der Waals surface area contributed by atoms with Gasteiger partial charge in [0.1, 0.15) is 11.5 Å². The van der Waals surface area contributed by atoms with E-state index in [-0.39, 0.29) is 16.7 Å². The van der Waals surface area contributed by atoms with Crippen molar-refractivity contribution >= 4 is 17.5 Å². The third-order valence-electron chi connectivity index (χ3n) is 3.21. The van der Waals surface area contributed by atoms with Crippen LogP contribution in [0, 0.1) is 0 Å². The molecule has 0 saturated carbocycles. The van der Waals surface area contributed by atoms with Crippen molar-refractivity contribution in [2.45, 2.75) is 0 Å². The summed E-state index contributed by atoms with van der Waals surface area (Å²) in [5.74, 6) is -1.79. The molecular weight excluding hydrogens is 300 g/mol. The Hall–Kier alpha value is -3.15. The van der Waals surface area contributed by atoms with Crippen molar-refractivity contribution < 1.29 is 29.0 Å². The summed E-state index contributed by atoms with van der Waals surface area (Å²) < 4.78 is 10.1. The van der Waals surface area contributed by atoms with Crippen LogP contribution < -0.4 is 9.47 Å². The summed E-state index contributed by atoms with van der Waals surface area (Å²) in [5.41, 5.74) is 0.285. The van der Waals surface area contributed by atoms with E-state index in [1.165, 1.54) is 50.6 Å². The third-order valence-corrected chi connectivity index (χ3v) is 3.21. The number of methoxy groups -OCH3 is 2. The van der Waals surface area contributed by atoms with Gasteiger partial charge in [0.05, 0.1) is 19.8 Å². The van der Waals surface area contributed by atoms with E-state index < -0.39 is 17.5 Å². The Labute approximate surface area is 132 Å². The number of carboxylic acids is 1. The molecule has 1 N–H and O–H groups in total. The molecule has 0 radical (unpaired) electrons. The van der Waals surface area contributed by atoms with Gasteiger partial charge in [-0.05, 0) is 24.3 Å². The number of hydrogen-bond acceptors (Lipinski definition) is 5. The van der Waals surface area contributed by atoms with Gasteiger partial charge in [0.15, 0.2) is 0 Å². The lowest BCUT2D eigenvalue weighted by Gasteiger charge is -2.07. The zero-order valence-electron chi connectivity index (χ0n) is 12.5. The van der Waals surface area contributed by atoms with Gasteiger partial charge in [-0.1, -0.05) is 12.1 Å². The second-order valence-corrected chi connectivity index (χ2v) is 4.64. The van der Waals surface area contributed by atoms with Crippen LogP contribution in [0.3, 0.4) is 0 Å². The first kappa shape index (κ1) is 16.2. The standard InChI is InChI=1S/C17H14O6/c1-22-13-7-12(8-14(9-13)23-2)16(19)15(18)10-3-5-11(6-4-10)17(20)21/h3-9H,1-2H3,(H,20,21). The SMILES string of the molecule is COc1cc(OC)cc(C(=O)C(=O)c2ccc(C(=O)O)cc2)c1. The van der Waals surface area contributed by atoms with Crippen LogP contribution in [0.15, 0.2) is 42.5 Å². The highest BCUT2D eigenvalue weighted by atomic mass is 16.5. The number of hydrogen-bond donors (Lipinski definition) is 1. The maximum atomic E-state index is 12.3. The highest BCUT2D eigenvalue weighted by molar-refractivity contribution is 6.49. The molecule has 0 saturated heterocycles. The number of carboxylic acid groups (broad SMARTS) is 1. The molecule has 0 spiro atoms. The Morgan fingerprint density at radius 3 is 1.61 bits per heavy atom. The van der Waals surface area contributed by atoms with Gasteiger partial charge in [-0.25, -0.2) is 4.79 Å². The molecule has 0 heterocycles. The van der Waals surface area contributed by atoms with E-state index in [0.717, 1.165) is 0 Å². The Balaban J connectivity index is 2.32. The summed E-state index contributed by atoms with van der Waals surface area (Å²) >= 11 is 0. The average Bonchev–Trinajstić information content (AvgIpc) is 2.59. The first-order valence-corrected chi connectivity index (χ1v) is 6.61. The molecule has 0 aromatic heterocycles. The first-order chi connectivity index (χ1) is 11.0. The summed E-state index contributed by atoms with van der Waals surface area (Å²) in [6, 6.07) is 9.62. The molecule has 0 fully saturated rings. The van der Waals surface area contributed by atoms with E-state index in [4.69, 9.17) is 14.6 Å². The van der Waals surface area contributed by atoms with Crippen LogP contribution >= 0.6 is 0 Å². The highest BCUT2D eigenvalue weighted by Crippen LogP contribution is 2.23. The number of Topliss-reactive ketones (excluding diaryl/α,β-unsaturated/α-hetero) is 2. The van der Waals surface area contributed by atoms with Gasteiger partial charge in [0.2, 0.25) is 11.6 Å². The molecule has 2 aromatic carbocycles. The van der Waals surface area contributed by atoms with Crippen LogP contribution in [0.4, 0.5) is 0 Å². The zero-order chi connectivity index (χ0) is 17.0. The highest BCUT2D eigenvalue weighted by Gasteiger charge is 2.20. The predicted molar refractivity (Wildman–Crippen MR) is 81.6 cm³/mol. The van der Waals surface area contributed by atoms with Crippen molar-refractivity contribution in [2.24, 2.45) is 0 Å². The van der Waals surface area contributed by atoms with Gasteiger partial charge >= 0.3 is 5.97 Å².